The summed E-state index contributed by atoms with van der Waals surface area (Å²) >= 11 is 0. The van der Waals surface area contributed by atoms with E-state index in [0.717, 1.165) is 0 Å². The van der Waals surface area contributed by atoms with Crippen molar-refractivity contribution in [2.45, 2.75) is 26.0 Å². The van der Waals surface area contributed by atoms with E-state index in [9.17, 15) is 14.4 Å². The first-order chi connectivity index (χ1) is 14.0. The van der Waals surface area contributed by atoms with Gasteiger partial charge in [-0.15, -0.1) is 0 Å². The molecule has 1 aliphatic heterocycles. The first kappa shape index (κ1) is 20.4. The fourth-order valence-electron chi connectivity index (χ4n) is 2.74. The number of carbonyl (C=O) groups is 3. The minimum atomic E-state index is -0.839. The summed E-state index contributed by atoms with van der Waals surface area (Å²) in [5.41, 5.74) is 1.14. The number of benzene rings is 1. The number of fused-ring (bicyclic) bond motifs is 1. The Hall–Kier alpha value is -3.31. The number of nitrogens with one attached hydrogen (secondary N) is 3. The van der Waals surface area contributed by atoms with Crippen molar-refractivity contribution in [3.05, 3.63) is 30.1 Å². The molecule has 29 heavy (non-hydrogen) atoms. The summed E-state index contributed by atoms with van der Waals surface area (Å²) in [5, 5.41) is 12.3. The molecule has 2 heterocycles. The standard InChI is InChI=1S/C18H22N6O5/c1-11(25)19-12-3-5-13(6-4-12)20-17(27)14-9-16(26)22-18-21-15(23-24(14)18)10-29-8-7-28-2/h3-6,14H,7-10H2,1-2H3,(H,19,25)(H,20,27)(H,21,22,23,26)/t14-/m1/s1. The number of carbonyl (C=O) groups excluding carboxylic acids is 3. The maximum Gasteiger partial charge on any atom is 0.249 e. The lowest BCUT2D eigenvalue weighted by atomic mass is 10.1. The van der Waals surface area contributed by atoms with Gasteiger partial charge in [-0.05, 0) is 24.3 Å². The molecule has 0 fully saturated rings. The van der Waals surface area contributed by atoms with Crippen LogP contribution in [0.1, 0.15) is 25.2 Å². The van der Waals surface area contributed by atoms with Crippen molar-refractivity contribution >= 4 is 35.0 Å². The lowest BCUT2D eigenvalue weighted by Gasteiger charge is -2.22. The molecule has 1 aromatic heterocycles. The number of ether oxygens (including phenoxy) is 2. The molecule has 1 aliphatic rings. The summed E-state index contributed by atoms with van der Waals surface area (Å²) in [6, 6.07) is 5.81. The van der Waals surface area contributed by atoms with Gasteiger partial charge in [0.2, 0.25) is 23.7 Å². The zero-order valence-electron chi connectivity index (χ0n) is 16.1. The lowest BCUT2D eigenvalue weighted by molar-refractivity contribution is -0.125. The molecular weight excluding hydrogens is 380 g/mol. The van der Waals surface area contributed by atoms with E-state index in [0.29, 0.717) is 30.4 Å². The van der Waals surface area contributed by atoms with Gasteiger partial charge < -0.3 is 20.1 Å². The number of aromatic nitrogens is 3. The number of hydrogen-bond acceptors (Lipinski definition) is 7. The molecule has 2 aromatic rings. The van der Waals surface area contributed by atoms with Gasteiger partial charge in [0.1, 0.15) is 12.6 Å². The van der Waals surface area contributed by atoms with Crippen LogP contribution in [-0.4, -0.2) is 52.8 Å². The van der Waals surface area contributed by atoms with E-state index in [1.807, 2.05) is 0 Å². The normalized spacial score (nSPS) is 15.4. The van der Waals surface area contributed by atoms with Gasteiger partial charge in [-0.25, -0.2) is 4.68 Å². The zero-order chi connectivity index (χ0) is 20.8. The second kappa shape index (κ2) is 9.26. The Morgan fingerprint density at radius 3 is 2.55 bits per heavy atom. The molecule has 1 aromatic carbocycles. The van der Waals surface area contributed by atoms with Crippen LogP contribution in [0.15, 0.2) is 24.3 Å². The quantitative estimate of drug-likeness (QED) is 0.559. The van der Waals surface area contributed by atoms with Gasteiger partial charge in [-0.2, -0.15) is 10.1 Å². The second-order valence-corrected chi connectivity index (χ2v) is 6.36. The van der Waals surface area contributed by atoms with Gasteiger partial charge >= 0.3 is 0 Å². The summed E-state index contributed by atoms with van der Waals surface area (Å²) in [6.07, 6.45) is -0.0594. The maximum absolute atomic E-state index is 12.7. The Labute approximate surface area is 166 Å². The van der Waals surface area contributed by atoms with E-state index in [2.05, 4.69) is 26.0 Å². The van der Waals surface area contributed by atoms with E-state index in [1.165, 1.54) is 11.6 Å². The summed E-state index contributed by atoms with van der Waals surface area (Å²) < 4.78 is 11.7. The molecule has 0 saturated carbocycles. The summed E-state index contributed by atoms with van der Waals surface area (Å²) in [6.45, 7) is 2.37. The number of anilines is 3. The average Bonchev–Trinajstić information content (AvgIpc) is 3.08. The predicted molar refractivity (Wildman–Crippen MR) is 103 cm³/mol. The van der Waals surface area contributed by atoms with Crippen molar-refractivity contribution in [3.63, 3.8) is 0 Å². The van der Waals surface area contributed by atoms with Crippen LogP contribution in [0.3, 0.4) is 0 Å². The summed E-state index contributed by atoms with van der Waals surface area (Å²) in [7, 11) is 1.57. The van der Waals surface area contributed by atoms with Gasteiger partial charge in [0.05, 0.1) is 19.6 Å². The zero-order valence-corrected chi connectivity index (χ0v) is 16.1. The number of rotatable bonds is 8. The fourth-order valence-corrected chi connectivity index (χ4v) is 2.74. The third-order valence-electron chi connectivity index (χ3n) is 4.04. The first-order valence-corrected chi connectivity index (χ1v) is 8.96. The summed E-state index contributed by atoms with van der Waals surface area (Å²) in [5.74, 6) is -0.345. The molecule has 0 aliphatic carbocycles. The van der Waals surface area contributed by atoms with Crippen LogP contribution in [0.25, 0.3) is 0 Å². The Morgan fingerprint density at radius 1 is 1.21 bits per heavy atom. The van der Waals surface area contributed by atoms with Crippen molar-refractivity contribution in [1.82, 2.24) is 14.8 Å². The van der Waals surface area contributed by atoms with Gasteiger partial charge in [-0.1, -0.05) is 0 Å². The van der Waals surface area contributed by atoms with Gasteiger partial charge in [0.15, 0.2) is 5.82 Å². The van der Waals surface area contributed by atoms with E-state index >= 15 is 0 Å². The highest BCUT2D eigenvalue weighted by Gasteiger charge is 2.33. The molecule has 0 saturated heterocycles. The molecular formula is C18H22N6O5. The molecule has 3 rings (SSSR count). The number of amides is 3. The molecule has 0 bridgehead atoms. The molecule has 3 N–H and O–H groups in total. The molecule has 11 heteroatoms. The lowest BCUT2D eigenvalue weighted by Crippen LogP contribution is -2.36. The van der Waals surface area contributed by atoms with Crippen molar-refractivity contribution in [2.24, 2.45) is 0 Å². The fraction of sp³-hybridized carbons (Fsp3) is 0.389. The molecule has 3 amide bonds. The Balaban J connectivity index is 1.68. The molecule has 154 valence electrons. The van der Waals surface area contributed by atoms with Crippen molar-refractivity contribution < 1.29 is 23.9 Å². The van der Waals surface area contributed by atoms with E-state index in [1.54, 1.807) is 31.4 Å². The molecule has 11 nitrogen and oxygen atoms in total. The molecule has 0 radical (unpaired) electrons. The van der Waals surface area contributed by atoms with E-state index < -0.39 is 11.9 Å². The minimum absolute atomic E-state index is 0.0594. The monoisotopic (exact) mass is 402 g/mol. The topological polar surface area (TPSA) is 136 Å². The minimum Gasteiger partial charge on any atom is -0.382 e. The number of hydrogen-bond donors (Lipinski definition) is 3. The molecule has 0 unspecified atom stereocenters. The van der Waals surface area contributed by atoms with Gasteiger partial charge in [0, 0.05) is 25.4 Å². The largest absolute Gasteiger partial charge is 0.382 e. The Kier molecular flexibility index (Phi) is 6.52. The van der Waals surface area contributed by atoms with Crippen LogP contribution in [-0.2, 0) is 30.5 Å². The smallest absolute Gasteiger partial charge is 0.249 e. The Morgan fingerprint density at radius 2 is 1.90 bits per heavy atom. The highest BCUT2D eigenvalue weighted by atomic mass is 16.5. The van der Waals surface area contributed by atoms with Gasteiger partial charge in [-0.3, -0.25) is 19.7 Å². The second-order valence-electron chi connectivity index (χ2n) is 6.36. The van der Waals surface area contributed by atoms with Crippen molar-refractivity contribution in [3.8, 4) is 0 Å². The summed E-state index contributed by atoms with van der Waals surface area (Å²) in [4.78, 5) is 40.0. The third-order valence-corrected chi connectivity index (χ3v) is 4.04. The molecule has 1 atom stereocenters. The van der Waals surface area contributed by atoms with E-state index in [-0.39, 0.29) is 30.8 Å². The highest BCUT2D eigenvalue weighted by molar-refractivity contribution is 6.00. The van der Waals surface area contributed by atoms with Crippen LogP contribution in [0.4, 0.5) is 17.3 Å². The SMILES string of the molecule is COCCOCc1nc2n(n1)[C@@H](C(=O)Nc1ccc(NC(C)=O)cc1)CC(=O)N2. The van der Waals surface area contributed by atoms with Gasteiger partial charge in [0.25, 0.3) is 0 Å². The van der Waals surface area contributed by atoms with Crippen LogP contribution in [0.5, 0.6) is 0 Å². The number of methoxy groups -OCH3 is 1. The first-order valence-electron chi connectivity index (χ1n) is 8.96. The van der Waals surface area contributed by atoms with Crippen molar-refractivity contribution in [1.29, 1.82) is 0 Å². The van der Waals surface area contributed by atoms with E-state index in [4.69, 9.17) is 9.47 Å². The van der Waals surface area contributed by atoms with Crippen LogP contribution < -0.4 is 16.0 Å². The molecule has 0 spiro atoms. The Bertz CT molecular complexity index is 895. The number of nitrogens with zero attached hydrogens (tertiary/aromatic N) is 3. The third kappa shape index (κ3) is 5.36. The van der Waals surface area contributed by atoms with Crippen LogP contribution in [0, 0.1) is 0 Å². The van der Waals surface area contributed by atoms with Crippen LogP contribution >= 0.6 is 0 Å². The van der Waals surface area contributed by atoms with Crippen molar-refractivity contribution in [2.75, 3.05) is 36.3 Å². The predicted octanol–water partition coefficient (Wildman–Crippen LogP) is 0.921. The maximum atomic E-state index is 12.7. The average molecular weight is 402 g/mol. The highest BCUT2D eigenvalue weighted by Crippen LogP contribution is 2.25. The van der Waals surface area contributed by atoms with Crippen LogP contribution in [0.2, 0.25) is 0 Å².